The summed E-state index contributed by atoms with van der Waals surface area (Å²) >= 11 is 0. The quantitative estimate of drug-likeness (QED) is 0.842. The van der Waals surface area contributed by atoms with Crippen LogP contribution < -0.4 is 10.1 Å². The van der Waals surface area contributed by atoms with Gasteiger partial charge in [0.05, 0.1) is 7.11 Å². The monoisotopic (exact) mass is 300 g/mol. The number of amidine groups is 1. The second-order valence-electron chi connectivity index (χ2n) is 6.30. The first-order chi connectivity index (χ1) is 10.4. The lowest BCUT2D eigenvalue weighted by molar-refractivity contribution is -0.115. The van der Waals surface area contributed by atoms with Crippen molar-refractivity contribution in [2.75, 3.05) is 7.11 Å². The maximum Gasteiger partial charge on any atom is 0.275 e. The Morgan fingerprint density at radius 3 is 2.59 bits per heavy atom. The Bertz CT molecular complexity index is 628. The molecule has 0 atom stereocenters. The van der Waals surface area contributed by atoms with Gasteiger partial charge in [-0.15, -0.1) is 0 Å². The highest BCUT2D eigenvalue weighted by Gasteiger charge is 2.20. The summed E-state index contributed by atoms with van der Waals surface area (Å²) in [5, 5.41) is 2.83. The Hall–Kier alpha value is -2.10. The highest BCUT2D eigenvalue weighted by Crippen LogP contribution is 2.28. The van der Waals surface area contributed by atoms with Crippen molar-refractivity contribution in [3.8, 4) is 5.75 Å². The van der Waals surface area contributed by atoms with Gasteiger partial charge in [-0.3, -0.25) is 4.79 Å². The minimum Gasteiger partial charge on any atom is -0.496 e. The summed E-state index contributed by atoms with van der Waals surface area (Å²) in [4.78, 5) is 16.4. The second-order valence-corrected chi connectivity index (χ2v) is 6.30. The van der Waals surface area contributed by atoms with E-state index in [9.17, 15) is 4.79 Å². The van der Waals surface area contributed by atoms with Crippen molar-refractivity contribution in [1.82, 2.24) is 5.32 Å². The summed E-state index contributed by atoms with van der Waals surface area (Å²) in [5.74, 6) is 2.32. The number of nitrogens with zero attached hydrogens (tertiary/aromatic N) is 1. The number of aliphatic imine (C=N–C) groups is 1. The molecule has 1 N–H and O–H groups in total. The van der Waals surface area contributed by atoms with Crippen LogP contribution >= 0.6 is 0 Å². The molecule has 1 aliphatic heterocycles. The van der Waals surface area contributed by atoms with E-state index in [1.165, 1.54) is 0 Å². The molecule has 1 aromatic carbocycles. The predicted molar refractivity (Wildman–Crippen MR) is 90.1 cm³/mol. The Balaban J connectivity index is 2.31. The van der Waals surface area contributed by atoms with E-state index in [4.69, 9.17) is 4.74 Å². The first-order valence-corrected chi connectivity index (χ1v) is 7.69. The molecule has 2 rings (SSSR count). The van der Waals surface area contributed by atoms with E-state index in [0.29, 0.717) is 17.5 Å². The van der Waals surface area contributed by atoms with Crippen LogP contribution in [0.1, 0.15) is 51.2 Å². The van der Waals surface area contributed by atoms with Crippen molar-refractivity contribution in [1.29, 1.82) is 0 Å². The Morgan fingerprint density at radius 2 is 2.00 bits per heavy atom. The van der Waals surface area contributed by atoms with Crippen LogP contribution in [0.4, 0.5) is 0 Å². The van der Waals surface area contributed by atoms with Crippen molar-refractivity contribution in [3.05, 3.63) is 35.0 Å². The third-order valence-corrected chi connectivity index (χ3v) is 3.53. The van der Waals surface area contributed by atoms with Crippen molar-refractivity contribution in [3.63, 3.8) is 0 Å². The number of methoxy groups -OCH3 is 1. The zero-order chi connectivity index (χ0) is 16.3. The number of carbonyl (C=O) groups is 1. The molecule has 0 spiro atoms. The molecular formula is C18H24N2O2. The van der Waals surface area contributed by atoms with Crippen molar-refractivity contribution >= 4 is 17.8 Å². The highest BCUT2D eigenvalue weighted by atomic mass is 16.5. The molecule has 0 aromatic heterocycles. The van der Waals surface area contributed by atoms with E-state index >= 15 is 0 Å². The maximum absolute atomic E-state index is 12.0. The van der Waals surface area contributed by atoms with Gasteiger partial charge in [-0.25, -0.2) is 4.99 Å². The second kappa shape index (κ2) is 6.77. The van der Waals surface area contributed by atoms with Crippen molar-refractivity contribution in [2.24, 2.45) is 10.9 Å². The third-order valence-electron chi connectivity index (χ3n) is 3.53. The van der Waals surface area contributed by atoms with Gasteiger partial charge in [0.2, 0.25) is 0 Å². The van der Waals surface area contributed by atoms with Gasteiger partial charge >= 0.3 is 0 Å². The molecule has 22 heavy (non-hydrogen) atoms. The lowest BCUT2D eigenvalue weighted by Gasteiger charge is -2.12. The summed E-state index contributed by atoms with van der Waals surface area (Å²) in [5.41, 5.74) is 2.56. The predicted octanol–water partition coefficient (Wildman–Crippen LogP) is 3.73. The van der Waals surface area contributed by atoms with Crippen LogP contribution in [0.25, 0.3) is 6.08 Å². The van der Waals surface area contributed by atoms with Crippen LogP contribution in [-0.2, 0) is 4.79 Å². The van der Waals surface area contributed by atoms with Gasteiger partial charge in [0.15, 0.2) is 0 Å². The average Bonchev–Trinajstić information content (AvgIpc) is 2.77. The number of hydrogen-bond acceptors (Lipinski definition) is 3. The van der Waals surface area contributed by atoms with E-state index in [2.05, 4.69) is 44.1 Å². The normalized spacial score (nSPS) is 16.4. The highest BCUT2D eigenvalue weighted by molar-refractivity contribution is 6.14. The van der Waals surface area contributed by atoms with Gasteiger partial charge in [-0.1, -0.05) is 33.8 Å². The van der Waals surface area contributed by atoms with Gasteiger partial charge in [0.25, 0.3) is 5.91 Å². The summed E-state index contributed by atoms with van der Waals surface area (Å²) < 4.78 is 5.39. The molecule has 4 heteroatoms. The molecule has 1 aliphatic rings. The first-order valence-electron chi connectivity index (χ1n) is 7.69. The molecule has 4 nitrogen and oxygen atoms in total. The zero-order valence-electron chi connectivity index (χ0n) is 13.9. The average molecular weight is 300 g/mol. The van der Waals surface area contributed by atoms with Crippen molar-refractivity contribution < 1.29 is 9.53 Å². The van der Waals surface area contributed by atoms with Gasteiger partial charge in [0.1, 0.15) is 17.3 Å². The molecule has 1 amide bonds. The maximum atomic E-state index is 12.0. The standard InChI is InChI=1S/C18H24N2O2/c1-11(2)8-17-19-15(18(21)20-17)10-13-6-7-16(22-5)14(9-13)12(3)4/h6-7,9-12H,8H2,1-5H3,(H,19,20,21)/b15-10+. The fourth-order valence-corrected chi connectivity index (χ4v) is 2.45. The van der Waals surface area contributed by atoms with E-state index in [0.717, 1.165) is 29.1 Å². The van der Waals surface area contributed by atoms with E-state index in [1.54, 1.807) is 7.11 Å². The number of amides is 1. The number of benzene rings is 1. The van der Waals surface area contributed by atoms with Crippen molar-refractivity contribution in [2.45, 2.75) is 40.0 Å². The first kappa shape index (κ1) is 16.3. The van der Waals surface area contributed by atoms with E-state index < -0.39 is 0 Å². The van der Waals surface area contributed by atoms with Gasteiger partial charge in [-0.05, 0) is 41.2 Å². The van der Waals surface area contributed by atoms with Gasteiger partial charge < -0.3 is 10.1 Å². The lowest BCUT2D eigenvalue weighted by Crippen LogP contribution is -2.24. The number of nitrogens with one attached hydrogen (secondary N) is 1. The molecule has 0 aliphatic carbocycles. The zero-order valence-corrected chi connectivity index (χ0v) is 13.9. The Labute approximate surface area is 132 Å². The molecule has 1 aromatic rings. The number of rotatable bonds is 5. The minimum atomic E-state index is -0.127. The molecule has 0 saturated carbocycles. The van der Waals surface area contributed by atoms with E-state index in [-0.39, 0.29) is 5.91 Å². The molecule has 0 unspecified atom stereocenters. The fourth-order valence-electron chi connectivity index (χ4n) is 2.45. The minimum absolute atomic E-state index is 0.127. The lowest BCUT2D eigenvalue weighted by atomic mass is 9.99. The molecule has 0 saturated heterocycles. The van der Waals surface area contributed by atoms with Crippen LogP contribution in [0.2, 0.25) is 0 Å². The summed E-state index contributed by atoms with van der Waals surface area (Å²) in [6.45, 7) is 8.45. The topological polar surface area (TPSA) is 50.7 Å². The SMILES string of the molecule is COc1ccc(/C=C2/N=C(CC(C)C)NC2=O)cc1C(C)C. The molecule has 1 heterocycles. The molecule has 0 fully saturated rings. The van der Waals surface area contributed by atoms with Crippen LogP contribution in [0.3, 0.4) is 0 Å². The molecule has 0 bridgehead atoms. The summed E-state index contributed by atoms with van der Waals surface area (Å²) in [7, 11) is 1.67. The molecule has 118 valence electrons. The smallest absolute Gasteiger partial charge is 0.275 e. The third kappa shape index (κ3) is 3.75. The Kier molecular flexibility index (Phi) is 5.01. The number of hydrogen-bond donors (Lipinski definition) is 1. The Morgan fingerprint density at radius 1 is 1.27 bits per heavy atom. The van der Waals surface area contributed by atoms with Gasteiger partial charge in [-0.2, -0.15) is 0 Å². The van der Waals surface area contributed by atoms with Crippen LogP contribution in [-0.4, -0.2) is 18.9 Å². The summed E-state index contributed by atoms with van der Waals surface area (Å²) in [6, 6.07) is 5.94. The van der Waals surface area contributed by atoms with Crippen LogP contribution in [0.15, 0.2) is 28.9 Å². The molecule has 0 radical (unpaired) electrons. The summed E-state index contributed by atoms with van der Waals surface area (Å²) in [6.07, 6.45) is 2.61. The van der Waals surface area contributed by atoms with Crippen LogP contribution in [0.5, 0.6) is 5.75 Å². The molecular weight excluding hydrogens is 276 g/mol. The fraction of sp³-hybridized carbons (Fsp3) is 0.444. The largest absolute Gasteiger partial charge is 0.496 e. The number of ether oxygens (including phenoxy) is 1. The number of carbonyl (C=O) groups excluding carboxylic acids is 1. The van der Waals surface area contributed by atoms with E-state index in [1.807, 2.05) is 18.2 Å². The van der Waals surface area contributed by atoms with Gasteiger partial charge in [0, 0.05) is 6.42 Å². The van der Waals surface area contributed by atoms with Crippen LogP contribution in [0, 0.1) is 5.92 Å².